The fourth-order valence-corrected chi connectivity index (χ4v) is 3.62. The molecule has 0 aliphatic carbocycles. The first kappa shape index (κ1) is 16.3. The number of hydrogen-bond acceptors (Lipinski definition) is 6. The van der Waals surface area contributed by atoms with E-state index in [0.717, 1.165) is 61.0 Å². The summed E-state index contributed by atoms with van der Waals surface area (Å²) in [6.07, 6.45) is 3.79. The number of hydrogen-bond donors (Lipinski definition) is 1. The Hall–Kier alpha value is -2.19. The zero-order valence-corrected chi connectivity index (χ0v) is 15.0. The molecule has 8 nitrogen and oxygen atoms in total. The number of H-pyrrole nitrogens is 1. The summed E-state index contributed by atoms with van der Waals surface area (Å²) < 4.78 is 6.89. The minimum absolute atomic E-state index is 0.365. The lowest BCUT2D eigenvalue weighted by molar-refractivity contribution is 0.197. The highest BCUT2D eigenvalue weighted by molar-refractivity contribution is 6.30. The Bertz CT molecular complexity index is 854. The molecule has 1 aliphatic heterocycles. The second-order valence-corrected chi connectivity index (χ2v) is 6.87. The van der Waals surface area contributed by atoms with Crippen molar-refractivity contribution in [2.24, 2.45) is 7.05 Å². The van der Waals surface area contributed by atoms with Crippen molar-refractivity contribution in [3.63, 3.8) is 0 Å². The quantitative estimate of drug-likeness (QED) is 0.768. The van der Waals surface area contributed by atoms with Gasteiger partial charge in [-0.2, -0.15) is 10.2 Å². The number of nitrogens with zero attached hydrogens (tertiary/aromatic N) is 6. The molecule has 25 heavy (non-hydrogen) atoms. The Balaban J connectivity index is 1.58. The van der Waals surface area contributed by atoms with Crippen molar-refractivity contribution in [2.45, 2.75) is 32.2 Å². The summed E-state index contributed by atoms with van der Waals surface area (Å²) in [7, 11) is 1.84. The molecule has 0 aromatic carbocycles. The average Bonchev–Trinajstić information content (AvgIpc) is 3.33. The Kier molecular flexibility index (Phi) is 4.30. The molecule has 0 unspecified atom stereocenters. The molecule has 9 heteroatoms. The van der Waals surface area contributed by atoms with Crippen molar-refractivity contribution in [2.75, 3.05) is 13.1 Å². The maximum atomic E-state index is 6.51. The smallest absolute Gasteiger partial charge is 0.137 e. The van der Waals surface area contributed by atoms with E-state index < -0.39 is 0 Å². The molecule has 1 atom stereocenters. The topological polar surface area (TPSA) is 88.7 Å². The number of aromatic nitrogens is 6. The lowest BCUT2D eigenvalue weighted by atomic mass is 9.97. The summed E-state index contributed by atoms with van der Waals surface area (Å²) in [5.41, 5.74) is 2.49. The molecule has 3 aromatic rings. The maximum Gasteiger partial charge on any atom is 0.137 e. The van der Waals surface area contributed by atoms with Crippen LogP contribution < -0.4 is 0 Å². The van der Waals surface area contributed by atoms with Crippen molar-refractivity contribution in [3.8, 4) is 11.4 Å². The molecule has 4 heterocycles. The predicted molar refractivity (Wildman–Crippen MR) is 92.1 cm³/mol. The molecule has 1 N–H and O–H groups in total. The van der Waals surface area contributed by atoms with Crippen molar-refractivity contribution < 1.29 is 4.52 Å². The Morgan fingerprint density at radius 2 is 2.32 bits per heavy atom. The Morgan fingerprint density at radius 1 is 1.44 bits per heavy atom. The summed E-state index contributed by atoms with van der Waals surface area (Å²) >= 11 is 6.51. The van der Waals surface area contributed by atoms with Crippen LogP contribution in [0.5, 0.6) is 0 Å². The minimum atomic E-state index is 0.365. The number of aryl methyl sites for hydroxylation is 2. The van der Waals surface area contributed by atoms with E-state index >= 15 is 0 Å². The number of aromatic amines is 1. The highest BCUT2D eigenvalue weighted by Gasteiger charge is 2.26. The van der Waals surface area contributed by atoms with E-state index in [4.69, 9.17) is 16.1 Å². The van der Waals surface area contributed by atoms with Crippen molar-refractivity contribution in [1.29, 1.82) is 0 Å². The third kappa shape index (κ3) is 3.19. The van der Waals surface area contributed by atoms with E-state index in [1.165, 1.54) is 0 Å². The van der Waals surface area contributed by atoms with Crippen LogP contribution in [0.25, 0.3) is 11.4 Å². The Labute approximate surface area is 150 Å². The largest absolute Gasteiger partial charge is 0.361 e. The van der Waals surface area contributed by atoms with Gasteiger partial charge in [-0.15, -0.1) is 0 Å². The van der Waals surface area contributed by atoms with Gasteiger partial charge in [0.15, 0.2) is 0 Å². The van der Waals surface area contributed by atoms with Crippen LogP contribution >= 0.6 is 11.6 Å². The summed E-state index contributed by atoms with van der Waals surface area (Å²) in [6.45, 7) is 4.52. The first-order valence-corrected chi connectivity index (χ1v) is 8.72. The average molecular weight is 362 g/mol. The van der Waals surface area contributed by atoms with Crippen LogP contribution in [-0.4, -0.2) is 48.1 Å². The van der Waals surface area contributed by atoms with E-state index in [9.17, 15) is 0 Å². The van der Waals surface area contributed by atoms with Crippen molar-refractivity contribution >= 4 is 11.6 Å². The first-order chi connectivity index (χ1) is 12.1. The highest BCUT2D eigenvalue weighted by atomic mass is 35.5. The van der Waals surface area contributed by atoms with Crippen LogP contribution in [-0.2, 0) is 13.6 Å². The zero-order chi connectivity index (χ0) is 17.4. The van der Waals surface area contributed by atoms with Crippen LogP contribution in [0.1, 0.15) is 35.9 Å². The summed E-state index contributed by atoms with van der Waals surface area (Å²) in [5, 5.41) is 16.2. The van der Waals surface area contributed by atoms with E-state index in [1.54, 1.807) is 11.0 Å². The lowest BCUT2D eigenvalue weighted by Gasteiger charge is -2.31. The molecule has 1 aliphatic rings. The van der Waals surface area contributed by atoms with Gasteiger partial charge in [0.25, 0.3) is 0 Å². The number of nitrogens with one attached hydrogen (secondary N) is 1. The lowest BCUT2D eigenvalue weighted by Crippen LogP contribution is -2.34. The van der Waals surface area contributed by atoms with Gasteiger partial charge >= 0.3 is 0 Å². The van der Waals surface area contributed by atoms with Crippen molar-refractivity contribution in [3.05, 3.63) is 34.7 Å². The molecular weight excluding hydrogens is 342 g/mol. The SMILES string of the molecule is Cc1cc(-c2nn(C)c(Cl)c2CN2CCC[C@H](c3ncn[nH]3)C2)no1. The monoisotopic (exact) mass is 361 g/mol. The molecule has 0 amide bonds. The second-order valence-electron chi connectivity index (χ2n) is 6.51. The van der Waals surface area contributed by atoms with Gasteiger partial charge in [0.05, 0.1) is 0 Å². The van der Waals surface area contributed by atoms with E-state index in [0.29, 0.717) is 11.1 Å². The van der Waals surface area contributed by atoms with Crippen LogP contribution in [0.3, 0.4) is 0 Å². The molecule has 132 valence electrons. The fourth-order valence-electron chi connectivity index (χ4n) is 3.43. The third-order valence-electron chi connectivity index (χ3n) is 4.65. The number of halogens is 1. The maximum absolute atomic E-state index is 6.51. The van der Waals surface area contributed by atoms with Gasteiger partial charge in [-0.05, 0) is 26.3 Å². The van der Waals surface area contributed by atoms with Crippen LogP contribution in [0, 0.1) is 6.92 Å². The normalized spacial score (nSPS) is 18.8. The van der Waals surface area contributed by atoms with Gasteiger partial charge in [0.1, 0.15) is 34.5 Å². The Morgan fingerprint density at radius 3 is 3.04 bits per heavy atom. The fraction of sp³-hybridized carbons (Fsp3) is 0.500. The molecule has 0 spiro atoms. The molecule has 0 saturated carbocycles. The molecule has 1 saturated heterocycles. The van der Waals surface area contributed by atoms with Crippen molar-refractivity contribution in [1.82, 2.24) is 35.0 Å². The van der Waals surface area contributed by atoms with Gasteiger partial charge < -0.3 is 4.52 Å². The molecule has 1 fully saturated rings. The van der Waals surface area contributed by atoms with Crippen LogP contribution in [0.15, 0.2) is 16.9 Å². The predicted octanol–water partition coefficient (Wildman–Crippen LogP) is 2.53. The minimum Gasteiger partial charge on any atom is -0.361 e. The van der Waals surface area contributed by atoms with Crippen LogP contribution in [0.2, 0.25) is 5.15 Å². The first-order valence-electron chi connectivity index (χ1n) is 8.34. The number of likely N-dealkylation sites (tertiary alicyclic amines) is 1. The molecule has 0 bridgehead atoms. The van der Waals surface area contributed by atoms with Gasteiger partial charge in [-0.3, -0.25) is 14.7 Å². The summed E-state index contributed by atoms with van der Waals surface area (Å²) in [4.78, 5) is 6.70. The second kappa shape index (κ2) is 6.61. The number of piperidine rings is 1. The molecule has 0 radical (unpaired) electrons. The van der Waals surface area contributed by atoms with Gasteiger partial charge in [0, 0.05) is 37.7 Å². The number of rotatable bonds is 4. The molecular formula is C16H20ClN7O. The zero-order valence-electron chi connectivity index (χ0n) is 14.2. The van der Waals surface area contributed by atoms with Gasteiger partial charge in [0.2, 0.25) is 0 Å². The third-order valence-corrected chi connectivity index (χ3v) is 5.12. The molecule has 4 rings (SSSR count). The highest BCUT2D eigenvalue weighted by Crippen LogP contribution is 2.31. The van der Waals surface area contributed by atoms with E-state index in [1.807, 2.05) is 20.0 Å². The summed E-state index contributed by atoms with van der Waals surface area (Å²) in [5.74, 6) is 2.07. The standard InChI is InChI=1S/C16H20ClN7O/c1-10-6-13(22-25-10)14-12(15(17)23(2)21-14)8-24-5-3-4-11(7-24)16-18-9-19-20-16/h6,9,11H,3-5,7-8H2,1-2H3,(H,18,19,20)/t11-/m0/s1. The summed E-state index contributed by atoms with van der Waals surface area (Å²) in [6, 6.07) is 1.88. The van der Waals surface area contributed by atoms with Gasteiger partial charge in [-0.25, -0.2) is 4.98 Å². The van der Waals surface area contributed by atoms with E-state index in [2.05, 4.69) is 30.3 Å². The van der Waals surface area contributed by atoms with Crippen LogP contribution in [0.4, 0.5) is 0 Å². The van der Waals surface area contributed by atoms with E-state index in [-0.39, 0.29) is 0 Å². The molecule has 3 aromatic heterocycles. The van der Waals surface area contributed by atoms with Gasteiger partial charge in [-0.1, -0.05) is 16.8 Å².